The molecular weight excluding hydrogens is 280 g/mol. The molecule has 0 aromatic heterocycles. The largest absolute Gasteiger partial charge is 0.388 e. The van der Waals surface area contributed by atoms with E-state index >= 15 is 0 Å². The van der Waals surface area contributed by atoms with Crippen LogP contribution in [0.15, 0.2) is 0 Å². The molecule has 0 atom stereocenters. The summed E-state index contributed by atoms with van der Waals surface area (Å²) in [6.45, 7) is 4.75. The summed E-state index contributed by atoms with van der Waals surface area (Å²) in [5.41, 5.74) is 0. The van der Waals surface area contributed by atoms with Gasteiger partial charge in [-0.05, 0) is 12.8 Å². The van der Waals surface area contributed by atoms with Gasteiger partial charge in [-0.25, -0.2) is 0 Å². The lowest BCUT2D eigenvalue weighted by atomic mass is 10.1. The van der Waals surface area contributed by atoms with E-state index in [0.29, 0.717) is 13.2 Å². The van der Waals surface area contributed by atoms with E-state index in [1.165, 1.54) is 51.4 Å². The molecule has 4 nitrogen and oxygen atoms in total. The average molecular weight is 318 g/mol. The zero-order valence-electron chi connectivity index (χ0n) is 14.8. The lowest BCUT2D eigenvalue weighted by Crippen LogP contribution is -2.40. The maximum absolute atomic E-state index is 10.0. The summed E-state index contributed by atoms with van der Waals surface area (Å²) in [7, 11) is 0. The summed E-state index contributed by atoms with van der Waals surface area (Å²) >= 11 is 0. The molecule has 0 saturated heterocycles. The zero-order valence-corrected chi connectivity index (χ0v) is 14.8. The second kappa shape index (κ2) is 15.7. The van der Waals surface area contributed by atoms with Crippen molar-refractivity contribution in [1.29, 1.82) is 0 Å². The van der Waals surface area contributed by atoms with Crippen LogP contribution >= 0.6 is 0 Å². The van der Waals surface area contributed by atoms with Gasteiger partial charge in [-0.1, -0.05) is 78.1 Å². The fourth-order valence-corrected chi connectivity index (χ4v) is 2.36. The van der Waals surface area contributed by atoms with Crippen molar-refractivity contribution in [1.82, 2.24) is 0 Å². The first kappa shape index (κ1) is 21.8. The Morgan fingerprint density at radius 1 is 0.636 bits per heavy atom. The van der Waals surface area contributed by atoms with E-state index in [0.717, 1.165) is 25.7 Å². The zero-order chi connectivity index (χ0) is 16.5. The minimum absolute atomic E-state index is 0.430. The maximum Gasteiger partial charge on any atom is 0.305 e. The third-order valence-corrected chi connectivity index (χ3v) is 3.85. The fourth-order valence-electron chi connectivity index (χ4n) is 2.36. The summed E-state index contributed by atoms with van der Waals surface area (Å²) < 4.78 is 10.6. The van der Waals surface area contributed by atoms with Crippen molar-refractivity contribution < 1.29 is 19.7 Å². The smallest absolute Gasteiger partial charge is 0.305 e. The van der Waals surface area contributed by atoms with E-state index in [9.17, 15) is 10.2 Å². The van der Waals surface area contributed by atoms with Crippen molar-refractivity contribution in [2.75, 3.05) is 19.8 Å². The Labute approximate surface area is 137 Å². The van der Waals surface area contributed by atoms with Crippen molar-refractivity contribution in [3.8, 4) is 0 Å². The highest BCUT2D eigenvalue weighted by Gasteiger charge is 2.27. The molecule has 0 aliphatic rings. The van der Waals surface area contributed by atoms with Crippen LogP contribution in [0.25, 0.3) is 0 Å². The van der Waals surface area contributed by atoms with Crippen molar-refractivity contribution in [2.24, 2.45) is 0 Å². The predicted molar refractivity (Wildman–Crippen MR) is 90.7 cm³/mol. The third kappa shape index (κ3) is 13.5. The molecule has 0 fully saturated rings. The van der Waals surface area contributed by atoms with Crippen LogP contribution in [0.3, 0.4) is 0 Å². The third-order valence-electron chi connectivity index (χ3n) is 3.85. The lowest BCUT2D eigenvalue weighted by molar-refractivity contribution is -0.372. The molecule has 0 saturated carbocycles. The second-order valence-electron chi connectivity index (χ2n) is 6.10. The minimum Gasteiger partial charge on any atom is -0.388 e. The van der Waals surface area contributed by atoms with Gasteiger partial charge in [0.2, 0.25) is 0 Å². The number of rotatable bonds is 17. The summed E-state index contributed by atoms with van der Waals surface area (Å²) in [5.74, 6) is -1.81. The number of unbranched alkanes of at least 4 members (excludes halogenated alkanes) is 10. The van der Waals surface area contributed by atoms with Crippen LogP contribution in [0.1, 0.15) is 90.9 Å². The topological polar surface area (TPSA) is 58.9 Å². The molecule has 0 bridgehead atoms. The number of aliphatic hydroxyl groups is 2. The van der Waals surface area contributed by atoms with Crippen LogP contribution in [-0.2, 0) is 9.47 Å². The summed E-state index contributed by atoms with van der Waals surface area (Å²) in [6, 6.07) is 0. The number of hydrogen-bond donors (Lipinski definition) is 2. The Morgan fingerprint density at radius 3 is 1.36 bits per heavy atom. The highest BCUT2D eigenvalue weighted by Crippen LogP contribution is 2.13. The highest BCUT2D eigenvalue weighted by atomic mass is 16.8. The van der Waals surface area contributed by atoms with E-state index in [1.54, 1.807) is 0 Å². The van der Waals surface area contributed by atoms with Gasteiger partial charge in [0.05, 0.1) is 13.2 Å². The van der Waals surface area contributed by atoms with E-state index in [2.05, 4.69) is 13.8 Å². The molecular formula is C18H38O4. The Bertz CT molecular complexity index is 203. The first-order valence-corrected chi connectivity index (χ1v) is 9.29. The summed E-state index contributed by atoms with van der Waals surface area (Å²) in [6.07, 6.45) is 14.0. The molecule has 0 spiro atoms. The minimum atomic E-state index is -1.81. The molecule has 0 rings (SSSR count). The van der Waals surface area contributed by atoms with Gasteiger partial charge in [0.15, 0.2) is 0 Å². The Morgan fingerprint density at radius 2 is 1.00 bits per heavy atom. The average Bonchev–Trinajstić information content (AvgIpc) is 2.53. The van der Waals surface area contributed by atoms with E-state index < -0.39 is 12.6 Å². The van der Waals surface area contributed by atoms with E-state index in [-0.39, 0.29) is 0 Å². The van der Waals surface area contributed by atoms with Crippen molar-refractivity contribution in [3.63, 3.8) is 0 Å². The van der Waals surface area contributed by atoms with Crippen LogP contribution in [-0.4, -0.2) is 36.0 Å². The van der Waals surface area contributed by atoms with Gasteiger partial charge >= 0.3 is 5.97 Å². The molecule has 0 aliphatic heterocycles. The number of aliphatic hydroxyl groups excluding tert-OH is 1. The molecule has 4 heteroatoms. The van der Waals surface area contributed by atoms with Gasteiger partial charge in [0.1, 0.15) is 6.61 Å². The maximum atomic E-state index is 10.0. The molecule has 0 heterocycles. The van der Waals surface area contributed by atoms with Crippen LogP contribution < -0.4 is 0 Å². The standard InChI is InChI=1S/C18H38O4/c1-3-5-7-9-11-13-15-21-18(20,17-19)22-16-14-12-10-8-6-4-2/h19-20H,3-17H2,1-2H3. The van der Waals surface area contributed by atoms with Gasteiger partial charge in [-0.2, -0.15) is 0 Å². The van der Waals surface area contributed by atoms with E-state index in [1.807, 2.05) is 0 Å². The molecule has 2 N–H and O–H groups in total. The van der Waals surface area contributed by atoms with Gasteiger partial charge in [0, 0.05) is 0 Å². The van der Waals surface area contributed by atoms with Crippen LogP contribution in [0.2, 0.25) is 0 Å². The van der Waals surface area contributed by atoms with Gasteiger partial charge in [0.25, 0.3) is 0 Å². The highest BCUT2D eigenvalue weighted by molar-refractivity contribution is 4.53. The SMILES string of the molecule is CCCCCCCCOC(O)(CO)OCCCCCCCC. The molecule has 0 aromatic carbocycles. The molecule has 0 aliphatic carbocycles. The van der Waals surface area contributed by atoms with Crippen LogP contribution in [0.4, 0.5) is 0 Å². The Hall–Kier alpha value is -0.160. The lowest BCUT2D eigenvalue weighted by Gasteiger charge is -2.26. The first-order valence-electron chi connectivity index (χ1n) is 9.29. The summed E-state index contributed by atoms with van der Waals surface area (Å²) in [4.78, 5) is 0. The van der Waals surface area contributed by atoms with E-state index in [4.69, 9.17) is 9.47 Å². The van der Waals surface area contributed by atoms with Gasteiger partial charge < -0.3 is 19.7 Å². The van der Waals surface area contributed by atoms with Crippen LogP contribution in [0.5, 0.6) is 0 Å². The Kier molecular flexibility index (Phi) is 15.6. The fraction of sp³-hybridized carbons (Fsp3) is 1.00. The van der Waals surface area contributed by atoms with Crippen molar-refractivity contribution in [2.45, 2.75) is 96.9 Å². The Balaban J connectivity index is 3.54. The van der Waals surface area contributed by atoms with Crippen molar-refractivity contribution >= 4 is 0 Å². The predicted octanol–water partition coefficient (Wildman–Crippen LogP) is 4.38. The first-order chi connectivity index (χ1) is 10.7. The molecule has 0 amide bonds. The van der Waals surface area contributed by atoms with Crippen LogP contribution in [0, 0.1) is 0 Å². The quantitative estimate of drug-likeness (QED) is 0.309. The molecule has 0 aromatic rings. The molecule has 0 radical (unpaired) electrons. The summed E-state index contributed by atoms with van der Waals surface area (Å²) in [5, 5.41) is 19.2. The molecule has 134 valence electrons. The van der Waals surface area contributed by atoms with Gasteiger partial charge in [-0.15, -0.1) is 0 Å². The number of ether oxygens (including phenoxy) is 2. The molecule has 0 unspecified atom stereocenters. The number of hydrogen-bond acceptors (Lipinski definition) is 4. The van der Waals surface area contributed by atoms with Crippen molar-refractivity contribution in [3.05, 3.63) is 0 Å². The second-order valence-corrected chi connectivity index (χ2v) is 6.10. The normalized spacial score (nSPS) is 12.0. The van der Waals surface area contributed by atoms with Gasteiger partial charge in [-0.3, -0.25) is 0 Å². The molecule has 22 heavy (non-hydrogen) atoms. The monoisotopic (exact) mass is 318 g/mol.